The van der Waals surface area contributed by atoms with E-state index in [9.17, 15) is 9.59 Å². The van der Waals surface area contributed by atoms with Crippen LogP contribution in [0.3, 0.4) is 0 Å². The van der Waals surface area contributed by atoms with E-state index in [1.165, 1.54) is 12.8 Å². The summed E-state index contributed by atoms with van der Waals surface area (Å²) in [5.41, 5.74) is 1.74. The van der Waals surface area contributed by atoms with E-state index in [1.54, 1.807) is 0 Å². The number of piperidine rings is 1. The molecule has 0 aliphatic carbocycles. The Hall–Kier alpha value is -2.18. The van der Waals surface area contributed by atoms with Crippen molar-refractivity contribution in [1.29, 1.82) is 0 Å². The molecule has 2 amide bonds. The number of anilines is 1. The van der Waals surface area contributed by atoms with Gasteiger partial charge in [0.15, 0.2) is 0 Å². The summed E-state index contributed by atoms with van der Waals surface area (Å²) in [5.74, 6) is 0.616. The summed E-state index contributed by atoms with van der Waals surface area (Å²) in [6.07, 6.45) is 3.39. The van der Waals surface area contributed by atoms with E-state index in [0.29, 0.717) is 25.9 Å². The lowest BCUT2D eigenvalue weighted by Crippen LogP contribution is -2.42. The van der Waals surface area contributed by atoms with Crippen LogP contribution in [-0.4, -0.2) is 41.4 Å². The van der Waals surface area contributed by atoms with Gasteiger partial charge in [-0.1, -0.05) is 0 Å². The largest absolute Gasteiger partial charge is 0.355 e. The van der Waals surface area contributed by atoms with Gasteiger partial charge in [0.25, 0.3) is 0 Å². The van der Waals surface area contributed by atoms with Crippen molar-refractivity contribution in [2.24, 2.45) is 5.92 Å². The number of aryl methyl sites for hydroxylation is 1. The van der Waals surface area contributed by atoms with E-state index in [4.69, 9.17) is 0 Å². The molecule has 2 aliphatic rings. The highest BCUT2D eigenvalue weighted by molar-refractivity contribution is 5.83. The number of nitrogens with zero attached hydrogens (tertiary/aromatic N) is 3. The summed E-state index contributed by atoms with van der Waals surface area (Å²) >= 11 is 0. The Balaban J connectivity index is 1.59. The van der Waals surface area contributed by atoms with Crippen LogP contribution < -0.4 is 15.5 Å². The molecular formula is C16H23N5O2. The molecule has 124 valence electrons. The average Bonchev–Trinajstić information content (AvgIpc) is 3.07. The van der Waals surface area contributed by atoms with E-state index >= 15 is 0 Å². The Kier molecular flexibility index (Phi) is 4.73. The molecule has 1 unspecified atom stereocenters. The third-order valence-corrected chi connectivity index (χ3v) is 4.36. The Morgan fingerprint density at radius 1 is 1.39 bits per heavy atom. The molecule has 2 N–H and O–H groups in total. The summed E-state index contributed by atoms with van der Waals surface area (Å²) in [5, 5.41) is 5.66. The Morgan fingerprint density at radius 3 is 2.87 bits per heavy atom. The summed E-state index contributed by atoms with van der Waals surface area (Å²) in [6.45, 7) is 4.76. The highest BCUT2D eigenvalue weighted by Gasteiger charge is 2.24. The van der Waals surface area contributed by atoms with E-state index in [0.717, 1.165) is 30.4 Å². The summed E-state index contributed by atoms with van der Waals surface area (Å²) in [7, 11) is 0. The van der Waals surface area contributed by atoms with Gasteiger partial charge in [-0.05, 0) is 32.3 Å². The van der Waals surface area contributed by atoms with Crippen molar-refractivity contribution in [2.75, 3.05) is 24.5 Å². The van der Waals surface area contributed by atoms with Crippen molar-refractivity contribution in [3.63, 3.8) is 0 Å². The second-order valence-electron chi connectivity index (χ2n) is 6.25. The molecule has 1 aromatic rings. The lowest BCUT2D eigenvalue weighted by atomic mass is 9.98. The number of nitrogens with one attached hydrogen (secondary N) is 2. The molecule has 3 heterocycles. The summed E-state index contributed by atoms with van der Waals surface area (Å²) in [4.78, 5) is 34.6. The fourth-order valence-corrected chi connectivity index (χ4v) is 3.04. The Labute approximate surface area is 135 Å². The van der Waals surface area contributed by atoms with Gasteiger partial charge in [-0.3, -0.25) is 9.59 Å². The van der Waals surface area contributed by atoms with Crippen LogP contribution in [0.15, 0.2) is 6.07 Å². The minimum absolute atomic E-state index is 0.0238. The summed E-state index contributed by atoms with van der Waals surface area (Å²) in [6, 6.07) is 1.91. The van der Waals surface area contributed by atoms with Gasteiger partial charge in [-0.25, -0.2) is 9.97 Å². The molecule has 0 saturated carbocycles. The smallest absolute Gasteiger partial charge is 0.225 e. The zero-order chi connectivity index (χ0) is 16.2. The van der Waals surface area contributed by atoms with Crippen LogP contribution in [0.1, 0.15) is 37.1 Å². The van der Waals surface area contributed by atoms with Gasteiger partial charge in [0, 0.05) is 31.7 Å². The maximum atomic E-state index is 12.2. The van der Waals surface area contributed by atoms with Gasteiger partial charge in [0.2, 0.25) is 17.8 Å². The predicted octanol–water partition coefficient (Wildman–Crippen LogP) is 0.528. The SMILES string of the molecule is Cc1cc(CNC(=O)C2CCC(=O)NC2)nc(N2CCCC2)n1. The standard InChI is InChI=1S/C16H23N5O2/c1-11-8-13(20-16(19-11)21-6-2-3-7-21)10-18-15(23)12-4-5-14(22)17-9-12/h8,12H,2-7,9-10H2,1H3,(H,17,22)(H,18,23). The molecule has 7 nitrogen and oxygen atoms in total. The molecule has 0 aromatic carbocycles. The number of carbonyl (C=O) groups is 2. The van der Waals surface area contributed by atoms with Crippen molar-refractivity contribution in [2.45, 2.75) is 39.2 Å². The van der Waals surface area contributed by atoms with Crippen LogP contribution in [-0.2, 0) is 16.1 Å². The summed E-state index contributed by atoms with van der Waals surface area (Å²) < 4.78 is 0. The molecule has 1 aromatic heterocycles. The van der Waals surface area contributed by atoms with Gasteiger partial charge >= 0.3 is 0 Å². The molecule has 2 saturated heterocycles. The first-order valence-corrected chi connectivity index (χ1v) is 8.26. The first-order valence-electron chi connectivity index (χ1n) is 8.26. The monoisotopic (exact) mass is 317 g/mol. The van der Waals surface area contributed by atoms with E-state index in [1.807, 2.05) is 13.0 Å². The number of amides is 2. The first-order chi connectivity index (χ1) is 11.1. The highest BCUT2D eigenvalue weighted by Crippen LogP contribution is 2.17. The molecule has 23 heavy (non-hydrogen) atoms. The van der Waals surface area contributed by atoms with E-state index in [-0.39, 0.29) is 17.7 Å². The van der Waals surface area contributed by atoms with Gasteiger partial charge in [-0.2, -0.15) is 0 Å². The number of hydrogen-bond donors (Lipinski definition) is 2. The molecular weight excluding hydrogens is 294 g/mol. The third-order valence-electron chi connectivity index (χ3n) is 4.36. The van der Waals surface area contributed by atoms with Crippen LogP contribution in [0.5, 0.6) is 0 Å². The van der Waals surface area contributed by atoms with E-state index < -0.39 is 0 Å². The Morgan fingerprint density at radius 2 is 2.17 bits per heavy atom. The van der Waals surface area contributed by atoms with Crippen molar-refractivity contribution in [3.8, 4) is 0 Å². The number of hydrogen-bond acceptors (Lipinski definition) is 5. The second-order valence-corrected chi connectivity index (χ2v) is 6.25. The van der Waals surface area contributed by atoms with Gasteiger partial charge in [-0.15, -0.1) is 0 Å². The molecule has 0 radical (unpaired) electrons. The number of rotatable bonds is 4. The minimum Gasteiger partial charge on any atom is -0.355 e. The predicted molar refractivity (Wildman–Crippen MR) is 85.8 cm³/mol. The van der Waals surface area contributed by atoms with Crippen LogP contribution in [0, 0.1) is 12.8 Å². The van der Waals surface area contributed by atoms with Crippen LogP contribution in [0.2, 0.25) is 0 Å². The van der Waals surface area contributed by atoms with Crippen molar-refractivity contribution in [3.05, 3.63) is 17.5 Å². The van der Waals surface area contributed by atoms with Crippen LogP contribution in [0.25, 0.3) is 0 Å². The number of aromatic nitrogens is 2. The zero-order valence-electron chi connectivity index (χ0n) is 13.5. The third kappa shape index (κ3) is 3.97. The first kappa shape index (κ1) is 15.7. The van der Waals surface area contributed by atoms with Crippen molar-refractivity contribution >= 4 is 17.8 Å². The highest BCUT2D eigenvalue weighted by atomic mass is 16.2. The lowest BCUT2D eigenvalue weighted by Gasteiger charge is -2.21. The average molecular weight is 317 g/mol. The zero-order valence-corrected chi connectivity index (χ0v) is 13.5. The topological polar surface area (TPSA) is 87.2 Å². The maximum absolute atomic E-state index is 12.2. The van der Waals surface area contributed by atoms with E-state index in [2.05, 4.69) is 25.5 Å². The fraction of sp³-hybridized carbons (Fsp3) is 0.625. The molecule has 1 atom stereocenters. The maximum Gasteiger partial charge on any atom is 0.225 e. The quantitative estimate of drug-likeness (QED) is 0.846. The number of carbonyl (C=O) groups excluding carboxylic acids is 2. The van der Waals surface area contributed by atoms with Crippen LogP contribution in [0.4, 0.5) is 5.95 Å². The van der Waals surface area contributed by atoms with Gasteiger partial charge in [0.05, 0.1) is 18.2 Å². The molecule has 0 spiro atoms. The minimum atomic E-state index is -0.145. The molecule has 2 fully saturated rings. The molecule has 7 heteroatoms. The lowest BCUT2D eigenvalue weighted by molar-refractivity contribution is -0.129. The van der Waals surface area contributed by atoms with Crippen molar-refractivity contribution < 1.29 is 9.59 Å². The van der Waals surface area contributed by atoms with Crippen molar-refractivity contribution in [1.82, 2.24) is 20.6 Å². The normalized spacial score (nSPS) is 21.2. The van der Waals surface area contributed by atoms with Gasteiger partial charge < -0.3 is 15.5 Å². The fourth-order valence-electron chi connectivity index (χ4n) is 3.04. The van der Waals surface area contributed by atoms with Crippen LogP contribution >= 0.6 is 0 Å². The van der Waals surface area contributed by atoms with Gasteiger partial charge in [0.1, 0.15) is 0 Å². The molecule has 2 aliphatic heterocycles. The molecule has 3 rings (SSSR count). The Bertz CT molecular complexity index is 588. The second kappa shape index (κ2) is 6.93. The molecule has 0 bridgehead atoms.